The largest absolute Gasteiger partial charge is 0.486 e. The number of quaternary nitrogens is 1. The van der Waals surface area contributed by atoms with Crippen molar-refractivity contribution in [2.75, 3.05) is 26.3 Å². The number of rotatable bonds is 5. The highest BCUT2D eigenvalue weighted by Gasteiger charge is 2.32. The standard InChI is InChI=1S/C20H23N3O5/c24-19(22-20(25)21-12-15-3-2-8-26-15)13-23-7-1-4-16(23)14-5-6-17-18(11-14)28-10-9-27-17/h2-3,5-6,8,11,16H,1,4,7,9-10,12-13H2,(H2,21,22,24,25)/p+1/t16-/m1/s1. The lowest BCUT2D eigenvalue weighted by molar-refractivity contribution is -0.910. The summed E-state index contributed by atoms with van der Waals surface area (Å²) < 4.78 is 16.4. The molecule has 8 heteroatoms. The van der Waals surface area contributed by atoms with Crippen molar-refractivity contribution in [3.05, 3.63) is 47.9 Å². The van der Waals surface area contributed by atoms with Crippen molar-refractivity contribution < 1.29 is 28.4 Å². The molecular weight excluding hydrogens is 362 g/mol. The number of furan rings is 1. The average molecular weight is 386 g/mol. The molecule has 4 rings (SSSR count). The third-order valence-electron chi connectivity index (χ3n) is 5.10. The summed E-state index contributed by atoms with van der Waals surface area (Å²) in [4.78, 5) is 25.4. The molecule has 2 aliphatic rings. The van der Waals surface area contributed by atoms with Crippen LogP contribution < -0.4 is 25.0 Å². The SMILES string of the molecule is O=C(C[NH+]1CCC[C@@H]1c1ccc2c(c1)OCCO2)NC(=O)NCc1ccco1. The van der Waals surface area contributed by atoms with Gasteiger partial charge in [0.25, 0.3) is 5.91 Å². The van der Waals surface area contributed by atoms with Gasteiger partial charge in [0.2, 0.25) is 0 Å². The molecule has 2 aliphatic heterocycles. The molecule has 0 spiro atoms. The maximum Gasteiger partial charge on any atom is 0.321 e. The predicted molar refractivity (Wildman–Crippen MR) is 99.2 cm³/mol. The molecule has 0 saturated carbocycles. The van der Waals surface area contributed by atoms with Gasteiger partial charge in [0.1, 0.15) is 25.0 Å². The molecule has 3 N–H and O–H groups in total. The van der Waals surface area contributed by atoms with E-state index in [1.807, 2.05) is 18.2 Å². The number of imide groups is 1. The van der Waals surface area contributed by atoms with Crippen LogP contribution in [0.4, 0.5) is 4.79 Å². The highest BCUT2D eigenvalue weighted by molar-refractivity contribution is 5.94. The Morgan fingerprint density at radius 1 is 1.14 bits per heavy atom. The Kier molecular flexibility index (Phi) is 5.48. The number of urea groups is 1. The van der Waals surface area contributed by atoms with Gasteiger partial charge in [-0.15, -0.1) is 0 Å². The van der Waals surface area contributed by atoms with Crippen LogP contribution in [0, 0.1) is 0 Å². The van der Waals surface area contributed by atoms with E-state index >= 15 is 0 Å². The minimum atomic E-state index is -0.518. The molecule has 3 heterocycles. The third kappa shape index (κ3) is 4.28. The summed E-state index contributed by atoms with van der Waals surface area (Å²) in [6.45, 7) is 2.48. The van der Waals surface area contributed by atoms with Gasteiger partial charge in [-0.05, 0) is 30.3 Å². The first-order valence-electron chi connectivity index (χ1n) is 9.53. The molecule has 1 fully saturated rings. The summed E-state index contributed by atoms with van der Waals surface area (Å²) in [6.07, 6.45) is 3.56. The fourth-order valence-electron chi connectivity index (χ4n) is 3.80. The summed E-state index contributed by atoms with van der Waals surface area (Å²) in [5, 5.41) is 5.01. The number of ether oxygens (including phenoxy) is 2. The second-order valence-corrected chi connectivity index (χ2v) is 6.99. The van der Waals surface area contributed by atoms with Crippen molar-refractivity contribution in [3.8, 4) is 11.5 Å². The molecule has 148 valence electrons. The lowest BCUT2D eigenvalue weighted by atomic mass is 10.0. The highest BCUT2D eigenvalue weighted by atomic mass is 16.6. The van der Waals surface area contributed by atoms with E-state index in [4.69, 9.17) is 13.9 Å². The van der Waals surface area contributed by atoms with E-state index in [9.17, 15) is 9.59 Å². The molecule has 8 nitrogen and oxygen atoms in total. The molecule has 0 radical (unpaired) electrons. The zero-order valence-electron chi connectivity index (χ0n) is 15.5. The summed E-state index contributed by atoms with van der Waals surface area (Å²) >= 11 is 0. The molecule has 1 unspecified atom stereocenters. The van der Waals surface area contributed by atoms with E-state index in [1.165, 1.54) is 6.26 Å². The van der Waals surface area contributed by atoms with Crippen molar-refractivity contribution in [3.63, 3.8) is 0 Å². The van der Waals surface area contributed by atoms with Gasteiger partial charge in [-0.3, -0.25) is 10.1 Å². The van der Waals surface area contributed by atoms with Gasteiger partial charge in [-0.1, -0.05) is 0 Å². The summed E-state index contributed by atoms with van der Waals surface area (Å²) in [7, 11) is 0. The van der Waals surface area contributed by atoms with Gasteiger partial charge in [-0.25, -0.2) is 4.79 Å². The van der Waals surface area contributed by atoms with E-state index in [0.717, 1.165) is 41.3 Å². The highest BCUT2D eigenvalue weighted by Crippen LogP contribution is 2.33. The minimum Gasteiger partial charge on any atom is -0.486 e. The number of carbonyl (C=O) groups is 2. The van der Waals surface area contributed by atoms with Crippen molar-refractivity contribution in [1.29, 1.82) is 0 Å². The maximum absolute atomic E-state index is 12.3. The summed E-state index contributed by atoms with van der Waals surface area (Å²) in [6, 6.07) is 9.17. The number of amides is 3. The molecule has 2 aromatic rings. The van der Waals surface area contributed by atoms with E-state index in [2.05, 4.69) is 10.6 Å². The van der Waals surface area contributed by atoms with E-state index < -0.39 is 6.03 Å². The molecule has 0 aliphatic carbocycles. The van der Waals surface area contributed by atoms with Crippen LogP contribution in [0.3, 0.4) is 0 Å². The monoisotopic (exact) mass is 386 g/mol. The van der Waals surface area contributed by atoms with Crippen molar-refractivity contribution >= 4 is 11.9 Å². The van der Waals surface area contributed by atoms with Crippen LogP contribution in [-0.2, 0) is 11.3 Å². The Labute approximate surface area is 162 Å². The van der Waals surface area contributed by atoms with Gasteiger partial charge in [0, 0.05) is 18.4 Å². The maximum atomic E-state index is 12.3. The molecule has 0 bridgehead atoms. The lowest BCUT2D eigenvalue weighted by Crippen LogP contribution is -3.11. The fourth-order valence-corrected chi connectivity index (χ4v) is 3.80. The first-order valence-corrected chi connectivity index (χ1v) is 9.53. The van der Waals surface area contributed by atoms with Gasteiger partial charge >= 0.3 is 6.03 Å². The van der Waals surface area contributed by atoms with E-state index in [1.54, 1.807) is 12.1 Å². The average Bonchev–Trinajstić information content (AvgIpc) is 3.38. The Morgan fingerprint density at radius 3 is 2.82 bits per heavy atom. The molecule has 28 heavy (non-hydrogen) atoms. The Balaban J connectivity index is 1.32. The number of hydrogen-bond acceptors (Lipinski definition) is 5. The smallest absolute Gasteiger partial charge is 0.321 e. The summed E-state index contributed by atoms with van der Waals surface area (Å²) in [5.41, 5.74) is 1.13. The topological polar surface area (TPSA) is 94.2 Å². The third-order valence-corrected chi connectivity index (χ3v) is 5.10. The molecular formula is C20H24N3O5+. The zero-order chi connectivity index (χ0) is 19.3. The Morgan fingerprint density at radius 2 is 2.00 bits per heavy atom. The zero-order valence-corrected chi connectivity index (χ0v) is 15.5. The Bertz CT molecular complexity index is 836. The predicted octanol–water partition coefficient (Wildman–Crippen LogP) is 0.797. The molecule has 2 atom stereocenters. The van der Waals surface area contributed by atoms with Crippen LogP contribution in [0.5, 0.6) is 11.5 Å². The normalized spacial score (nSPS) is 20.6. The van der Waals surface area contributed by atoms with Crippen LogP contribution in [0.2, 0.25) is 0 Å². The Hall–Kier alpha value is -3.00. The lowest BCUT2D eigenvalue weighted by Gasteiger charge is -2.23. The van der Waals surface area contributed by atoms with Crippen molar-refractivity contribution in [2.24, 2.45) is 0 Å². The fraction of sp³-hybridized carbons (Fsp3) is 0.400. The summed E-state index contributed by atoms with van der Waals surface area (Å²) in [5.74, 6) is 1.86. The first kappa shape index (κ1) is 18.4. The van der Waals surface area contributed by atoms with Crippen LogP contribution in [0.25, 0.3) is 0 Å². The van der Waals surface area contributed by atoms with Crippen LogP contribution in [0.15, 0.2) is 41.0 Å². The second-order valence-electron chi connectivity index (χ2n) is 6.99. The van der Waals surface area contributed by atoms with E-state index in [-0.39, 0.29) is 25.0 Å². The van der Waals surface area contributed by atoms with Crippen molar-refractivity contribution in [2.45, 2.75) is 25.4 Å². The van der Waals surface area contributed by atoms with Gasteiger partial charge in [-0.2, -0.15) is 0 Å². The number of fused-ring (bicyclic) bond motifs is 1. The van der Waals surface area contributed by atoms with Gasteiger partial charge in [0.15, 0.2) is 18.0 Å². The number of carbonyl (C=O) groups excluding carboxylic acids is 2. The second kappa shape index (κ2) is 8.35. The number of likely N-dealkylation sites (tertiary alicyclic amines) is 1. The molecule has 1 saturated heterocycles. The van der Waals surface area contributed by atoms with Crippen LogP contribution in [0.1, 0.15) is 30.2 Å². The molecule has 1 aromatic carbocycles. The number of hydrogen-bond donors (Lipinski definition) is 3. The number of benzene rings is 1. The van der Waals surface area contributed by atoms with Gasteiger partial charge < -0.3 is 24.1 Å². The first-order chi connectivity index (χ1) is 13.7. The van der Waals surface area contributed by atoms with Crippen LogP contribution in [-0.4, -0.2) is 38.2 Å². The van der Waals surface area contributed by atoms with Crippen molar-refractivity contribution in [1.82, 2.24) is 10.6 Å². The number of nitrogens with one attached hydrogen (secondary N) is 3. The molecule has 3 amide bonds. The van der Waals surface area contributed by atoms with Crippen LogP contribution >= 0.6 is 0 Å². The van der Waals surface area contributed by atoms with Gasteiger partial charge in [0.05, 0.1) is 19.4 Å². The quantitative estimate of drug-likeness (QED) is 0.707. The minimum absolute atomic E-state index is 0.202. The van der Waals surface area contributed by atoms with E-state index in [0.29, 0.717) is 19.0 Å². The molecule has 1 aromatic heterocycles.